The zero-order valence-electron chi connectivity index (χ0n) is 26.3. The summed E-state index contributed by atoms with van der Waals surface area (Å²) >= 11 is 0. The molecule has 0 radical (unpaired) electrons. The zero-order valence-corrected chi connectivity index (χ0v) is 26.3. The van der Waals surface area contributed by atoms with Crippen molar-refractivity contribution in [2.75, 3.05) is 0 Å². The van der Waals surface area contributed by atoms with Crippen molar-refractivity contribution in [3.63, 3.8) is 0 Å². The van der Waals surface area contributed by atoms with Gasteiger partial charge in [0.2, 0.25) is 0 Å². The first-order valence-corrected chi connectivity index (χ1v) is 16.4. The highest BCUT2D eigenvalue weighted by Gasteiger charge is 2.19. The monoisotopic (exact) mass is 610 g/mol. The second kappa shape index (κ2) is 11.4. The lowest BCUT2D eigenvalue weighted by atomic mass is 9.85. The quantitative estimate of drug-likeness (QED) is 0.135. The van der Waals surface area contributed by atoms with Crippen molar-refractivity contribution in [3.8, 4) is 27.9 Å². The molecule has 0 fully saturated rings. The highest BCUT2D eigenvalue weighted by molar-refractivity contribution is 6.15. The molecular weight excluding hydrogens is 581 g/mol. The first-order chi connectivity index (χ1) is 23.8. The average Bonchev–Trinajstić information content (AvgIpc) is 3.49. The van der Waals surface area contributed by atoms with E-state index in [9.17, 15) is 0 Å². The summed E-state index contributed by atoms with van der Waals surface area (Å²) < 4.78 is 2.36. The standard InChI is InChI=1S/C46H30N2/c1-47-43-26-14-25-34(32-17-13-18-33(29-32)48-44-27-11-9-21-37(44)38-22-10-12-28-45(38)48)42(43)30-41-35-19-5-7-23-39(35)46(31-15-3-2-4-16-31)40-24-8-6-20-36(40)41/h2-29H,30H2. The summed E-state index contributed by atoms with van der Waals surface area (Å²) in [7, 11) is 0. The third-order valence-electron chi connectivity index (χ3n) is 9.73. The van der Waals surface area contributed by atoms with Crippen LogP contribution in [0.25, 0.3) is 76.1 Å². The SMILES string of the molecule is [C-]#[N+]c1cccc(-c2cccc(-n3c4ccccc4c4ccccc43)c2)c1Cc1c2ccccc2c(-c2ccccc2)c2ccccc12. The van der Waals surface area contributed by atoms with Crippen molar-refractivity contribution < 1.29 is 0 Å². The number of hydrogen-bond acceptors (Lipinski definition) is 0. The average molecular weight is 611 g/mol. The molecule has 0 spiro atoms. The Balaban J connectivity index is 1.26. The second-order valence-corrected chi connectivity index (χ2v) is 12.3. The van der Waals surface area contributed by atoms with Gasteiger partial charge in [-0.2, -0.15) is 0 Å². The minimum Gasteiger partial charge on any atom is -0.309 e. The van der Waals surface area contributed by atoms with Gasteiger partial charge in [-0.25, -0.2) is 4.85 Å². The summed E-state index contributed by atoms with van der Waals surface area (Å²) in [6.07, 6.45) is 0.642. The Bertz CT molecular complexity index is 2600. The van der Waals surface area contributed by atoms with Crippen LogP contribution in [0, 0.1) is 6.57 Å². The molecule has 2 nitrogen and oxygen atoms in total. The lowest BCUT2D eigenvalue weighted by Gasteiger charge is -2.19. The number of aromatic nitrogens is 1. The van der Waals surface area contributed by atoms with Crippen molar-refractivity contribution in [1.82, 2.24) is 4.57 Å². The lowest BCUT2D eigenvalue weighted by Crippen LogP contribution is -1.99. The van der Waals surface area contributed by atoms with Gasteiger partial charge in [0.1, 0.15) is 0 Å². The smallest absolute Gasteiger partial charge is 0.191 e. The van der Waals surface area contributed by atoms with Gasteiger partial charge in [-0.1, -0.05) is 146 Å². The molecule has 0 unspecified atom stereocenters. The second-order valence-electron chi connectivity index (χ2n) is 12.3. The first-order valence-electron chi connectivity index (χ1n) is 16.4. The normalized spacial score (nSPS) is 11.4. The minimum atomic E-state index is 0.642. The largest absolute Gasteiger partial charge is 0.309 e. The van der Waals surface area contributed by atoms with Gasteiger partial charge in [0.05, 0.1) is 17.6 Å². The van der Waals surface area contributed by atoms with Crippen LogP contribution in [0.1, 0.15) is 11.1 Å². The maximum atomic E-state index is 8.24. The minimum absolute atomic E-state index is 0.642. The van der Waals surface area contributed by atoms with Crippen molar-refractivity contribution >= 4 is 49.0 Å². The van der Waals surface area contributed by atoms with Gasteiger partial charge in [0.25, 0.3) is 0 Å². The van der Waals surface area contributed by atoms with E-state index in [0.717, 1.165) is 22.4 Å². The molecule has 224 valence electrons. The molecule has 0 amide bonds. The predicted octanol–water partition coefficient (Wildman–Crippen LogP) is 12.6. The number of para-hydroxylation sites is 2. The summed E-state index contributed by atoms with van der Waals surface area (Å²) in [5.41, 5.74) is 11.1. The van der Waals surface area contributed by atoms with Gasteiger partial charge in [0.15, 0.2) is 5.69 Å². The Hall–Kier alpha value is -6.43. The molecular formula is C46H30N2. The predicted molar refractivity (Wildman–Crippen MR) is 202 cm³/mol. The number of benzene rings is 8. The fourth-order valence-corrected chi connectivity index (χ4v) is 7.65. The maximum Gasteiger partial charge on any atom is 0.191 e. The summed E-state index contributed by atoms with van der Waals surface area (Å²) in [6.45, 7) is 8.24. The Labute approximate surface area is 279 Å². The molecule has 0 saturated carbocycles. The summed E-state index contributed by atoms with van der Waals surface area (Å²) in [5, 5.41) is 7.39. The van der Waals surface area contributed by atoms with Gasteiger partial charge in [0, 0.05) is 16.5 Å². The van der Waals surface area contributed by atoms with Crippen LogP contribution >= 0.6 is 0 Å². The van der Waals surface area contributed by atoms with Crippen LogP contribution in [0.4, 0.5) is 5.69 Å². The van der Waals surface area contributed by atoms with E-state index in [1.54, 1.807) is 0 Å². The van der Waals surface area contributed by atoms with E-state index in [4.69, 9.17) is 6.57 Å². The molecule has 0 aliphatic rings. The van der Waals surface area contributed by atoms with Gasteiger partial charge in [-0.05, 0) is 85.6 Å². The van der Waals surface area contributed by atoms with E-state index in [0.29, 0.717) is 12.1 Å². The molecule has 9 rings (SSSR count). The first kappa shape index (κ1) is 27.8. The van der Waals surface area contributed by atoms with Gasteiger partial charge < -0.3 is 4.57 Å². The molecule has 0 aliphatic heterocycles. The molecule has 0 aliphatic carbocycles. The van der Waals surface area contributed by atoms with Crippen molar-refractivity contribution in [1.29, 1.82) is 0 Å². The fourth-order valence-electron chi connectivity index (χ4n) is 7.65. The summed E-state index contributed by atoms with van der Waals surface area (Å²) in [5.74, 6) is 0. The molecule has 2 heteroatoms. The van der Waals surface area contributed by atoms with Gasteiger partial charge in [-0.15, -0.1) is 0 Å². The molecule has 0 atom stereocenters. The topological polar surface area (TPSA) is 9.29 Å². The van der Waals surface area contributed by atoms with E-state index in [-0.39, 0.29) is 0 Å². The van der Waals surface area contributed by atoms with Gasteiger partial charge >= 0.3 is 0 Å². The number of nitrogens with zero attached hydrogens (tertiary/aromatic N) is 2. The Morgan fingerprint density at radius 2 is 0.958 bits per heavy atom. The Morgan fingerprint density at radius 1 is 0.438 bits per heavy atom. The maximum absolute atomic E-state index is 8.24. The van der Waals surface area contributed by atoms with Crippen LogP contribution in [-0.2, 0) is 6.42 Å². The molecule has 0 N–H and O–H groups in total. The van der Waals surface area contributed by atoms with Crippen LogP contribution in [0.15, 0.2) is 170 Å². The van der Waals surface area contributed by atoms with E-state index < -0.39 is 0 Å². The lowest BCUT2D eigenvalue weighted by molar-refractivity contribution is 1.18. The van der Waals surface area contributed by atoms with E-state index in [2.05, 4.69) is 167 Å². The Kier molecular flexibility index (Phi) is 6.63. The highest BCUT2D eigenvalue weighted by Crippen LogP contribution is 2.43. The van der Waals surface area contributed by atoms with Crippen molar-refractivity contribution in [3.05, 3.63) is 192 Å². The molecule has 0 bridgehead atoms. The molecule has 48 heavy (non-hydrogen) atoms. The molecule has 1 aromatic heterocycles. The summed E-state index contributed by atoms with van der Waals surface area (Å²) in [4.78, 5) is 4.08. The van der Waals surface area contributed by atoms with Crippen LogP contribution in [0.2, 0.25) is 0 Å². The van der Waals surface area contributed by atoms with E-state index in [1.165, 1.54) is 60.0 Å². The third-order valence-corrected chi connectivity index (χ3v) is 9.73. The molecule has 9 aromatic rings. The highest BCUT2D eigenvalue weighted by atomic mass is 15.0. The van der Waals surface area contributed by atoms with E-state index >= 15 is 0 Å². The van der Waals surface area contributed by atoms with E-state index in [1.807, 2.05) is 12.1 Å². The van der Waals surface area contributed by atoms with Crippen molar-refractivity contribution in [2.45, 2.75) is 6.42 Å². The number of fused-ring (bicyclic) bond motifs is 5. The Morgan fingerprint density at radius 3 is 1.58 bits per heavy atom. The molecule has 8 aromatic carbocycles. The van der Waals surface area contributed by atoms with Crippen LogP contribution in [0.3, 0.4) is 0 Å². The molecule has 1 heterocycles. The summed E-state index contributed by atoms with van der Waals surface area (Å²) in [6, 6.07) is 60.4. The zero-order chi connectivity index (χ0) is 32.0. The number of rotatable bonds is 5. The van der Waals surface area contributed by atoms with Crippen LogP contribution in [0.5, 0.6) is 0 Å². The third kappa shape index (κ3) is 4.41. The fraction of sp³-hybridized carbons (Fsp3) is 0.0217. The number of hydrogen-bond donors (Lipinski definition) is 0. The van der Waals surface area contributed by atoms with Crippen LogP contribution in [-0.4, -0.2) is 4.57 Å². The van der Waals surface area contributed by atoms with Crippen LogP contribution < -0.4 is 0 Å². The van der Waals surface area contributed by atoms with Gasteiger partial charge in [-0.3, -0.25) is 0 Å². The van der Waals surface area contributed by atoms with Crippen molar-refractivity contribution in [2.24, 2.45) is 0 Å². The molecule has 0 saturated heterocycles.